The van der Waals surface area contributed by atoms with Gasteiger partial charge in [0, 0.05) is 40.7 Å². The molecule has 3 aromatic carbocycles. The van der Waals surface area contributed by atoms with Gasteiger partial charge in [0.25, 0.3) is 0 Å². The molecule has 340 valence electrons. The summed E-state index contributed by atoms with van der Waals surface area (Å²) in [5, 5.41) is 0. The molecule has 3 saturated heterocycles. The van der Waals surface area contributed by atoms with Crippen molar-refractivity contribution in [2.45, 2.75) is 129 Å². The van der Waals surface area contributed by atoms with E-state index in [1.807, 2.05) is 91.0 Å². The molecule has 0 unspecified atom stereocenters. The quantitative estimate of drug-likeness (QED) is 0.0963. The third kappa shape index (κ3) is 12.8. The molecular formula is C47H57NO15. The number of nitrogens with zero attached hydrogens (tertiary/aromatic N) is 1. The highest BCUT2D eigenvalue weighted by molar-refractivity contribution is 5.99. The van der Waals surface area contributed by atoms with Crippen molar-refractivity contribution in [3.8, 4) is 0 Å². The molecule has 6 rings (SSSR count). The Morgan fingerprint density at radius 2 is 1.02 bits per heavy atom. The van der Waals surface area contributed by atoms with Gasteiger partial charge in [0.15, 0.2) is 24.8 Å². The predicted octanol–water partition coefficient (Wildman–Crippen LogP) is 4.83. The number of carbonyl (C=O) groups is 5. The van der Waals surface area contributed by atoms with Gasteiger partial charge in [-0.2, -0.15) is 0 Å². The zero-order valence-electron chi connectivity index (χ0n) is 36.5. The Labute approximate surface area is 367 Å². The van der Waals surface area contributed by atoms with E-state index in [0.29, 0.717) is 0 Å². The van der Waals surface area contributed by atoms with Crippen molar-refractivity contribution in [1.29, 1.82) is 0 Å². The van der Waals surface area contributed by atoms with Crippen molar-refractivity contribution in [3.63, 3.8) is 0 Å². The fraction of sp³-hybridized carbons (Fsp3) is 0.511. The third-order valence-corrected chi connectivity index (χ3v) is 10.9. The lowest BCUT2D eigenvalue weighted by Gasteiger charge is -2.50. The standard InChI is InChI=1S/C47H57NO15/c1-29(49)55-27-36-41(60-30(2)50)42(61-31(3)51)39(48-37(52)22-47(4,5)23-38(48)53)45(62-36)59-28-35-40(56-24-32-16-10-7-11-17-32)43(57-25-33-18-12-8-13-19-33)44(46(54-6)63-35)58-26-34-20-14-9-15-21-34/h7-21,35-36,39-46H,22-28H2,1-6H3/t35-,36-,39-,40-,41-,42-,43+,44-,45-,46-/m1/s1. The molecule has 3 aromatic rings. The molecule has 3 aliphatic heterocycles. The summed E-state index contributed by atoms with van der Waals surface area (Å²) in [6.45, 7) is 6.77. The molecule has 3 heterocycles. The number of imide groups is 1. The van der Waals surface area contributed by atoms with Crippen LogP contribution in [0, 0.1) is 5.41 Å². The lowest BCUT2D eigenvalue weighted by molar-refractivity contribution is -0.337. The molecule has 10 atom stereocenters. The second kappa shape index (κ2) is 22.0. The molecule has 63 heavy (non-hydrogen) atoms. The zero-order valence-corrected chi connectivity index (χ0v) is 36.5. The number of rotatable bonds is 18. The number of esters is 3. The van der Waals surface area contributed by atoms with Crippen LogP contribution in [0.25, 0.3) is 0 Å². The first kappa shape index (κ1) is 47.4. The SMILES string of the molecule is CO[C@@H]1O[C@H](CO[C@@H]2O[C@H](COC(C)=O)[C@@H](OC(C)=O)[C@H](OC(C)=O)[C@H]2N2C(=O)CC(C)(C)CC2=O)[C@@H](OCc2ccccc2)[C@H](OCc2ccccc2)[C@H]1OCc1ccccc1. The van der Waals surface area contributed by atoms with E-state index >= 15 is 0 Å². The molecule has 0 saturated carbocycles. The van der Waals surface area contributed by atoms with E-state index in [1.165, 1.54) is 14.0 Å². The second-order valence-corrected chi connectivity index (χ2v) is 16.6. The average Bonchev–Trinajstić information content (AvgIpc) is 3.24. The Balaban J connectivity index is 1.38. The van der Waals surface area contributed by atoms with Crippen LogP contribution in [0.3, 0.4) is 0 Å². The molecular weight excluding hydrogens is 819 g/mol. The van der Waals surface area contributed by atoms with Gasteiger partial charge in [-0.05, 0) is 22.1 Å². The number of ether oxygens (including phenoxy) is 10. The maximum atomic E-state index is 14.0. The van der Waals surface area contributed by atoms with E-state index in [0.717, 1.165) is 35.4 Å². The van der Waals surface area contributed by atoms with Gasteiger partial charge in [0.1, 0.15) is 43.2 Å². The number of hydrogen-bond acceptors (Lipinski definition) is 15. The average molecular weight is 876 g/mol. The van der Waals surface area contributed by atoms with Crippen LogP contribution >= 0.6 is 0 Å². The molecule has 2 amide bonds. The Bertz CT molecular complexity index is 1960. The number of benzene rings is 3. The zero-order chi connectivity index (χ0) is 45.1. The summed E-state index contributed by atoms with van der Waals surface area (Å²) < 4.78 is 62.4. The minimum Gasteiger partial charge on any atom is -0.463 e. The molecule has 0 spiro atoms. The van der Waals surface area contributed by atoms with Crippen molar-refractivity contribution >= 4 is 29.7 Å². The second-order valence-electron chi connectivity index (χ2n) is 16.6. The van der Waals surface area contributed by atoms with Crippen molar-refractivity contribution in [3.05, 3.63) is 108 Å². The van der Waals surface area contributed by atoms with Crippen LogP contribution in [0.1, 0.15) is 64.2 Å². The molecule has 0 radical (unpaired) electrons. The van der Waals surface area contributed by atoms with Crippen LogP contribution in [-0.4, -0.2) is 116 Å². The lowest BCUT2D eigenvalue weighted by atomic mass is 9.80. The number of piperidine rings is 1. The fourth-order valence-corrected chi connectivity index (χ4v) is 8.08. The molecule has 3 aliphatic rings. The van der Waals surface area contributed by atoms with E-state index in [-0.39, 0.29) is 39.3 Å². The van der Waals surface area contributed by atoms with Crippen molar-refractivity contribution in [2.75, 3.05) is 20.3 Å². The molecule has 0 bridgehead atoms. The van der Waals surface area contributed by atoms with Crippen LogP contribution in [0.2, 0.25) is 0 Å². The van der Waals surface area contributed by atoms with Crippen molar-refractivity contribution in [2.24, 2.45) is 5.41 Å². The van der Waals surface area contributed by atoms with E-state index < -0.39 is 103 Å². The minimum absolute atomic E-state index is 0.0364. The van der Waals surface area contributed by atoms with Gasteiger partial charge in [0.2, 0.25) is 11.8 Å². The Morgan fingerprint density at radius 3 is 1.49 bits per heavy atom. The van der Waals surface area contributed by atoms with Crippen LogP contribution < -0.4 is 0 Å². The summed E-state index contributed by atoms with van der Waals surface area (Å²) in [6.07, 6.45) is -10.4. The van der Waals surface area contributed by atoms with Gasteiger partial charge in [-0.3, -0.25) is 28.9 Å². The highest BCUT2D eigenvalue weighted by atomic mass is 16.7. The van der Waals surface area contributed by atoms with Crippen molar-refractivity contribution < 1.29 is 71.3 Å². The van der Waals surface area contributed by atoms with Gasteiger partial charge in [-0.1, -0.05) is 105 Å². The van der Waals surface area contributed by atoms with E-state index in [1.54, 1.807) is 13.8 Å². The summed E-state index contributed by atoms with van der Waals surface area (Å²) in [5.74, 6) is -3.42. The van der Waals surface area contributed by atoms with Crippen LogP contribution in [-0.2, 0) is 91.2 Å². The van der Waals surface area contributed by atoms with Gasteiger partial charge >= 0.3 is 17.9 Å². The van der Waals surface area contributed by atoms with Crippen LogP contribution in [0.15, 0.2) is 91.0 Å². The maximum absolute atomic E-state index is 14.0. The van der Waals surface area contributed by atoms with Crippen LogP contribution in [0.5, 0.6) is 0 Å². The number of amides is 2. The largest absolute Gasteiger partial charge is 0.463 e. The van der Waals surface area contributed by atoms with Gasteiger partial charge in [-0.15, -0.1) is 0 Å². The van der Waals surface area contributed by atoms with Gasteiger partial charge in [0.05, 0.1) is 26.4 Å². The molecule has 16 heteroatoms. The first-order chi connectivity index (χ1) is 30.2. The minimum atomic E-state index is -1.55. The van der Waals surface area contributed by atoms with Crippen molar-refractivity contribution in [1.82, 2.24) is 4.90 Å². The summed E-state index contributed by atoms with van der Waals surface area (Å²) in [7, 11) is 1.48. The summed E-state index contributed by atoms with van der Waals surface area (Å²) >= 11 is 0. The summed E-state index contributed by atoms with van der Waals surface area (Å²) in [4.78, 5) is 66.4. The monoisotopic (exact) mass is 875 g/mol. The molecule has 0 aromatic heterocycles. The first-order valence-electron chi connectivity index (χ1n) is 21.0. The highest BCUT2D eigenvalue weighted by Crippen LogP contribution is 2.39. The molecule has 3 fully saturated rings. The summed E-state index contributed by atoms with van der Waals surface area (Å²) in [5.41, 5.74) is 1.99. The smallest absolute Gasteiger partial charge is 0.303 e. The maximum Gasteiger partial charge on any atom is 0.303 e. The Kier molecular flexibility index (Phi) is 16.6. The number of methoxy groups -OCH3 is 1. The Hall–Kier alpha value is -5.07. The predicted molar refractivity (Wildman–Crippen MR) is 222 cm³/mol. The van der Waals surface area contributed by atoms with E-state index in [4.69, 9.17) is 47.4 Å². The van der Waals surface area contributed by atoms with Crippen LogP contribution in [0.4, 0.5) is 0 Å². The fourth-order valence-electron chi connectivity index (χ4n) is 8.08. The van der Waals surface area contributed by atoms with E-state index in [9.17, 15) is 24.0 Å². The van der Waals surface area contributed by atoms with E-state index in [2.05, 4.69) is 0 Å². The molecule has 0 aliphatic carbocycles. The first-order valence-corrected chi connectivity index (χ1v) is 21.0. The Morgan fingerprint density at radius 1 is 0.571 bits per heavy atom. The van der Waals surface area contributed by atoms with Gasteiger partial charge in [-0.25, -0.2) is 0 Å². The third-order valence-electron chi connectivity index (χ3n) is 10.9. The summed E-state index contributed by atoms with van der Waals surface area (Å²) in [6, 6.07) is 27.3. The molecule has 0 N–H and O–H groups in total. The number of likely N-dealkylation sites (tertiary alicyclic amines) is 1. The number of carbonyl (C=O) groups excluding carboxylic acids is 5. The topological polar surface area (TPSA) is 181 Å². The molecule has 16 nitrogen and oxygen atoms in total. The lowest BCUT2D eigenvalue weighted by Crippen LogP contribution is -2.70. The highest BCUT2D eigenvalue weighted by Gasteiger charge is 2.58. The van der Waals surface area contributed by atoms with Gasteiger partial charge < -0.3 is 47.4 Å². The number of hydrogen-bond donors (Lipinski definition) is 0. The normalized spacial score (nSPS) is 28.3.